The van der Waals surface area contributed by atoms with E-state index in [0.717, 1.165) is 51.2 Å². The fraction of sp³-hybridized carbons (Fsp3) is 0.524. The maximum absolute atomic E-state index is 12.8. The predicted molar refractivity (Wildman–Crippen MR) is 124 cm³/mol. The molecule has 0 aromatic heterocycles. The number of nitrogens with one attached hydrogen (secondary N) is 2. The van der Waals surface area contributed by atoms with Crippen molar-refractivity contribution in [2.24, 2.45) is 4.99 Å². The van der Waals surface area contributed by atoms with Crippen molar-refractivity contribution < 1.29 is 18.0 Å². The third-order valence-corrected chi connectivity index (χ3v) is 4.95. The number of amides is 1. The molecule has 0 atom stereocenters. The van der Waals surface area contributed by atoms with E-state index in [1.807, 2.05) is 0 Å². The van der Waals surface area contributed by atoms with Gasteiger partial charge in [-0.15, -0.1) is 24.0 Å². The molecule has 6 nitrogen and oxygen atoms in total. The van der Waals surface area contributed by atoms with E-state index in [0.29, 0.717) is 24.1 Å². The van der Waals surface area contributed by atoms with Gasteiger partial charge in [-0.25, -0.2) is 0 Å². The molecular formula is C21H27F3IN5O. The van der Waals surface area contributed by atoms with Crippen LogP contribution in [-0.4, -0.2) is 74.0 Å². The number of guanidine groups is 1. The molecule has 1 heterocycles. The second-order valence-electron chi connectivity index (χ2n) is 7.39. The first kappa shape index (κ1) is 25.3. The van der Waals surface area contributed by atoms with Crippen LogP contribution in [0.1, 0.15) is 24.0 Å². The number of piperazine rings is 1. The van der Waals surface area contributed by atoms with Crippen LogP contribution in [0.15, 0.2) is 29.3 Å². The minimum Gasteiger partial charge on any atom is -0.352 e. The summed E-state index contributed by atoms with van der Waals surface area (Å²) in [5.41, 5.74) is -0.388. The molecule has 0 radical (unpaired) electrons. The van der Waals surface area contributed by atoms with Gasteiger partial charge in [-0.1, -0.05) is 17.9 Å². The third-order valence-electron chi connectivity index (χ3n) is 4.95. The normalized spacial score (nSPS) is 17.3. The van der Waals surface area contributed by atoms with E-state index in [2.05, 4.69) is 37.3 Å². The molecule has 1 saturated carbocycles. The van der Waals surface area contributed by atoms with E-state index in [1.54, 1.807) is 13.1 Å². The summed E-state index contributed by atoms with van der Waals surface area (Å²) in [4.78, 5) is 20.4. The zero-order valence-electron chi connectivity index (χ0n) is 17.3. The number of nitrogens with zero attached hydrogens (tertiary/aromatic N) is 3. The van der Waals surface area contributed by atoms with Gasteiger partial charge in [0.1, 0.15) is 0 Å². The Kier molecular flexibility index (Phi) is 9.43. The number of aliphatic imine (C=N–C) groups is 1. The summed E-state index contributed by atoms with van der Waals surface area (Å²) >= 11 is 0. The highest BCUT2D eigenvalue weighted by atomic mass is 127. The number of halogens is 4. The first-order chi connectivity index (χ1) is 14.3. The number of alkyl halides is 3. The van der Waals surface area contributed by atoms with Crippen molar-refractivity contribution in [3.63, 3.8) is 0 Å². The van der Waals surface area contributed by atoms with Crippen LogP contribution in [0, 0.1) is 11.8 Å². The van der Waals surface area contributed by atoms with Crippen LogP contribution in [-0.2, 0) is 11.0 Å². The average Bonchev–Trinajstić information content (AvgIpc) is 3.52. The Bertz CT molecular complexity index is 837. The number of carbonyl (C=O) groups excluding carboxylic acids is 1. The summed E-state index contributed by atoms with van der Waals surface area (Å²) in [5.74, 6) is 6.37. The van der Waals surface area contributed by atoms with Gasteiger partial charge in [-0.2, -0.15) is 13.2 Å². The first-order valence-corrected chi connectivity index (χ1v) is 9.98. The van der Waals surface area contributed by atoms with E-state index < -0.39 is 11.7 Å². The van der Waals surface area contributed by atoms with Crippen LogP contribution in [0.4, 0.5) is 13.2 Å². The number of benzene rings is 1. The molecule has 170 valence electrons. The topological polar surface area (TPSA) is 60.0 Å². The molecule has 2 aliphatic rings. The molecule has 1 amide bonds. The second-order valence-corrected chi connectivity index (χ2v) is 7.39. The molecular weight excluding hydrogens is 522 g/mol. The Labute approximate surface area is 197 Å². The summed E-state index contributed by atoms with van der Waals surface area (Å²) in [5, 5.41) is 6.12. The van der Waals surface area contributed by atoms with Gasteiger partial charge in [0.05, 0.1) is 18.7 Å². The highest BCUT2D eigenvalue weighted by Crippen LogP contribution is 2.29. The number of hydrogen-bond donors (Lipinski definition) is 2. The summed E-state index contributed by atoms with van der Waals surface area (Å²) in [6.07, 6.45) is -2.21. The maximum atomic E-state index is 12.8. The summed E-state index contributed by atoms with van der Waals surface area (Å²) in [6, 6.07) is 5.35. The minimum atomic E-state index is -4.38. The van der Waals surface area contributed by atoms with E-state index in [9.17, 15) is 18.0 Å². The quantitative estimate of drug-likeness (QED) is 0.262. The molecule has 1 aliphatic heterocycles. The summed E-state index contributed by atoms with van der Waals surface area (Å²) in [7, 11) is 1.68. The molecule has 1 aromatic rings. The van der Waals surface area contributed by atoms with Crippen LogP contribution in [0.5, 0.6) is 0 Å². The van der Waals surface area contributed by atoms with Crippen LogP contribution < -0.4 is 10.6 Å². The lowest BCUT2D eigenvalue weighted by Gasteiger charge is -2.36. The van der Waals surface area contributed by atoms with E-state index >= 15 is 0 Å². The van der Waals surface area contributed by atoms with Crippen molar-refractivity contribution in [1.82, 2.24) is 20.4 Å². The lowest BCUT2D eigenvalue weighted by molar-refractivity contribution is -0.137. The van der Waals surface area contributed by atoms with Crippen LogP contribution >= 0.6 is 24.0 Å². The molecule has 10 heteroatoms. The molecule has 0 unspecified atom stereocenters. The van der Waals surface area contributed by atoms with Gasteiger partial charge in [0.2, 0.25) is 5.91 Å². The van der Waals surface area contributed by atoms with Crippen molar-refractivity contribution in [1.29, 1.82) is 0 Å². The van der Waals surface area contributed by atoms with Crippen LogP contribution in [0.25, 0.3) is 0 Å². The number of rotatable bonds is 4. The van der Waals surface area contributed by atoms with Gasteiger partial charge in [-0.3, -0.25) is 14.7 Å². The fourth-order valence-corrected chi connectivity index (χ4v) is 3.20. The fourth-order valence-electron chi connectivity index (χ4n) is 3.20. The number of carbonyl (C=O) groups is 1. The molecule has 2 N–H and O–H groups in total. The van der Waals surface area contributed by atoms with Gasteiger partial charge in [0, 0.05) is 44.8 Å². The molecule has 31 heavy (non-hydrogen) atoms. The van der Waals surface area contributed by atoms with E-state index in [4.69, 9.17) is 0 Å². The Balaban J connectivity index is 0.00000341. The molecule has 1 saturated heterocycles. The zero-order valence-corrected chi connectivity index (χ0v) is 19.7. The van der Waals surface area contributed by atoms with Gasteiger partial charge in [0.25, 0.3) is 0 Å². The number of hydrogen-bond acceptors (Lipinski definition) is 3. The smallest absolute Gasteiger partial charge is 0.352 e. The Morgan fingerprint density at radius 3 is 2.55 bits per heavy atom. The van der Waals surface area contributed by atoms with Crippen molar-refractivity contribution in [3.05, 3.63) is 35.4 Å². The molecule has 1 aliphatic carbocycles. The molecule has 2 fully saturated rings. The molecule has 0 bridgehead atoms. The van der Waals surface area contributed by atoms with Crippen molar-refractivity contribution >= 4 is 35.8 Å². The minimum absolute atomic E-state index is 0. The summed E-state index contributed by atoms with van der Waals surface area (Å²) in [6.45, 7) is 3.67. The first-order valence-electron chi connectivity index (χ1n) is 9.98. The Hall–Kier alpha value is -2.00. The zero-order chi connectivity index (χ0) is 21.6. The standard InChI is InChI=1S/C21H26F3N5O.HI/c1-25-20(26-9-3-5-16-4-2-6-17(14-16)21(22,23)24)29-12-10-28(11-13-29)15-19(30)27-18-7-8-18;/h2,4,6,14,18H,7-13,15H2,1H3,(H,25,26)(H,27,30);1H. The lowest BCUT2D eigenvalue weighted by Crippen LogP contribution is -2.54. The lowest BCUT2D eigenvalue weighted by atomic mass is 10.1. The molecule has 1 aromatic carbocycles. The monoisotopic (exact) mass is 549 g/mol. The molecule has 3 rings (SSSR count). The van der Waals surface area contributed by atoms with Crippen molar-refractivity contribution in [2.45, 2.75) is 25.1 Å². The van der Waals surface area contributed by atoms with Gasteiger partial charge in [0.15, 0.2) is 5.96 Å². The molecule has 0 spiro atoms. The maximum Gasteiger partial charge on any atom is 0.416 e. The van der Waals surface area contributed by atoms with Gasteiger partial charge in [-0.05, 0) is 31.0 Å². The Morgan fingerprint density at radius 1 is 1.23 bits per heavy atom. The highest BCUT2D eigenvalue weighted by Gasteiger charge is 2.30. The van der Waals surface area contributed by atoms with Crippen molar-refractivity contribution in [3.8, 4) is 11.8 Å². The van der Waals surface area contributed by atoms with Crippen LogP contribution in [0.3, 0.4) is 0 Å². The third kappa shape index (κ3) is 8.22. The SMILES string of the molecule is CN=C(NCC#Cc1cccc(C(F)(F)F)c1)N1CCN(CC(=O)NC2CC2)CC1.I. The van der Waals surface area contributed by atoms with E-state index in [1.165, 1.54) is 6.07 Å². The second kappa shape index (κ2) is 11.6. The predicted octanol–water partition coefficient (Wildman–Crippen LogP) is 2.15. The largest absolute Gasteiger partial charge is 0.416 e. The van der Waals surface area contributed by atoms with Crippen LogP contribution in [0.2, 0.25) is 0 Å². The Morgan fingerprint density at radius 2 is 1.94 bits per heavy atom. The van der Waals surface area contributed by atoms with Gasteiger partial charge < -0.3 is 15.5 Å². The average molecular weight is 549 g/mol. The van der Waals surface area contributed by atoms with Crippen molar-refractivity contribution in [2.75, 3.05) is 46.3 Å². The van der Waals surface area contributed by atoms with Gasteiger partial charge >= 0.3 is 6.18 Å². The van der Waals surface area contributed by atoms with E-state index in [-0.39, 0.29) is 36.4 Å². The highest BCUT2D eigenvalue weighted by molar-refractivity contribution is 14.0. The summed E-state index contributed by atoms with van der Waals surface area (Å²) < 4.78 is 38.3.